The van der Waals surface area contributed by atoms with Crippen LogP contribution >= 0.6 is 0 Å². The van der Waals surface area contributed by atoms with E-state index in [0.29, 0.717) is 0 Å². The minimum absolute atomic E-state index is 0.183. The van der Waals surface area contributed by atoms with E-state index in [1.165, 1.54) is 44.1 Å². The molecule has 4 rings (SSSR count). The summed E-state index contributed by atoms with van der Waals surface area (Å²) in [6.07, 6.45) is 3.75. The lowest BCUT2D eigenvalue weighted by atomic mass is 10.0. The van der Waals surface area contributed by atoms with Crippen LogP contribution in [-0.4, -0.2) is 50.2 Å². The highest BCUT2D eigenvalue weighted by atomic mass is 19.1. The van der Waals surface area contributed by atoms with Gasteiger partial charge in [0.1, 0.15) is 5.82 Å². The van der Waals surface area contributed by atoms with E-state index in [9.17, 15) is 4.39 Å². The van der Waals surface area contributed by atoms with Gasteiger partial charge in [0.2, 0.25) is 0 Å². The molecule has 0 aliphatic carbocycles. The van der Waals surface area contributed by atoms with E-state index < -0.39 is 0 Å². The van der Waals surface area contributed by atoms with E-state index in [-0.39, 0.29) is 5.82 Å². The lowest BCUT2D eigenvalue weighted by Crippen LogP contribution is -2.46. The number of hydrogen-bond acceptors (Lipinski definition) is 3. The molecule has 2 heterocycles. The second-order valence-electron chi connectivity index (χ2n) is 7.41. The van der Waals surface area contributed by atoms with E-state index in [2.05, 4.69) is 39.4 Å². The fourth-order valence-corrected chi connectivity index (χ4v) is 4.25. The number of rotatable bonds is 3. The van der Waals surface area contributed by atoms with E-state index in [0.717, 1.165) is 43.3 Å². The molecule has 138 valence electrons. The first-order chi connectivity index (χ1) is 12.8. The van der Waals surface area contributed by atoms with Crippen molar-refractivity contribution in [1.82, 2.24) is 10.2 Å². The third-order valence-electron chi connectivity index (χ3n) is 5.75. The standard InChI is InChI=1S/C22H28FN3/c23-20-4-1-3-19(17-20)18-5-7-21(8-6-18)26-14-9-22(10-15-26)25-13-2-11-24-12-16-25/h1,3-8,17,22,24H,2,9-16H2. The predicted octanol–water partition coefficient (Wildman–Crippen LogP) is 3.76. The van der Waals surface area contributed by atoms with Gasteiger partial charge in [-0.25, -0.2) is 4.39 Å². The van der Waals surface area contributed by atoms with E-state index in [1.807, 2.05) is 6.07 Å². The van der Waals surface area contributed by atoms with E-state index in [1.54, 1.807) is 12.1 Å². The van der Waals surface area contributed by atoms with Crippen LogP contribution in [0.4, 0.5) is 10.1 Å². The maximum Gasteiger partial charge on any atom is 0.123 e. The number of anilines is 1. The molecule has 2 aliphatic heterocycles. The van der Waals surface area contributed by atoms with Gasteiger partial charge in [0.05, 0.1) is 0 Å². The predicted molar refractivity (Wildman–Crippen MR) is 106 cm³/mol. The average Bonchev–Trinajstić information content (AvgIpc) is 2.98. The largest absolute Gasteiger partial charge is 0.371 e. The highest BCUT2D eigenvalue weighted by molar-refractivity contribution is 5.66. The SMILES string of the molecule is Fc1cccc(-c2ccc(N3CCC(N4CCCNCC4)CC3)cc2)c1. The van der Waals surface area contributed by atoms with Crippen molar-refractivity contribution in [3.05, 3.63) is 54.3 Å². The summed E-state index contributed by atoms with van der Waals surface area (Å²) in [7, 11) is 0. The lowest BCUT2D eigenvalue weighted by molar-refractivity contribution is 0.180. The second-order valence-corrected chi connectivity index (χ2v) is 7.41. The molecule has 2 aromatic carbocycles. The van der Waals surface area contributed by atoms with Gasteiger partial charge in [0.25, 0.3) is 0 Å². The van der Waals surface area contributed by atoms with Gasteiger partial charge in [-0.05, 0) is 67.7 Å². The van der Waals surface area contributed by atoms with Crippen LogP contribution in [0, 0.1) is 5.82 Å². The molecule has 0 bridgehead atoms. The van der Waals surface area contributed by atoms with Crippen molar-refractivity contribution >= 4 is 5.69 Å². The van der Waals surface area contributed by atoms with Gasteiger partial charge in [-0.15, -0.1) is 0 Å². The van der Waals surface area contributed by atoms with E-state index >= 15 is 0 Å². The van der Waals surface area contributed by atoms with Crippen LogP contribution in [0.1, 0.15) is 19.3 Å². The zero-order valence-corrected chi connectivity index (χ0v) is 15.3. The topological polar surface area (TPSA) is 18.5 Å². The third kappa shape index (κ3) is 4.08. The van der Waals surface area contributed by atoms with Gasteiger partial charge in [-0.3, -0.25) is 4.90 Å². The Morgan fingerprint density at radius 2 is 1.65 bits per heavy atom. The summed E-state index contributed by atoms with van der Waals surface area (Å²) < 4.78 is 13.4. The van der Waals surface area contributed by atoms with Crippen molar-refractivity contribution in [2.45, 2.75) is 25.3 Å². The Bertz CT molecular complexity index is 700. The molecular formula is C22H28FN3. The molecule has 4 heteroatoms. The van der Waals surface area contributed by atoms with Crippen molar-refractivity contribution in [2.24, 2.45) is 0 Å². The maximum atomic E-state index is 13.4. The first-order valence-electron chi connectivity index (χ1n) is 9.85. The molecule has 0 unspecified atom stereocenters. The zero-order chi connectivity index (χ0) is 17.8. The van der Waals surface area contributed by atoms with Crippen LogP contribution in [0.15, 0.2) is 48.5 Å². The van der Waals surface area contributed by atoms with Crippen LogP contribution in [0.5, 0.6) is 0 Å². The first-order valence-corrected chi connectivity index (χ1v) is 9.85. The Hall–Kier alpha value is -1.91. The first kappa shape index (κ1) is 17.5. The summed E-state index contributed by atoms with van der Waals surface area (Å²) in [6.45, 7) is 6.95. The Kier molecular flexibility index (Phi) is 5.51. The second kappa shape index (κ2) is 8.19. The highest BCUT2D eigenvalue weighted by Gasteiger charge is 2.25. The fraction of sp³-hybridized carbons (Fsp3) is 0.455. The van der Waals surface area contributed by atoms with Gasteiger partial charge < -0.3 is 10.2 Å². The van der Waals surface area contributed by atoms with Crippen molar-refractivity contribution in [3.63, 3.8) is 0 Å². The number of benzene rings is 2. The zero-order valence-electron chi connectivity index (χ0n) is 15.3. The monoisotopic (exact) mass is 353 g/mol. The Morgan fingerprint density at radius 3 is 2.42 bits per heavy atom. The number of nitrogens with zero attached hydrogens (tertiary/aromatic N) is 2. The van der Waals surface area contributed by atoms with Gasteiger partial charge in [0, 0.05) is 37.9 Å². The van der Waals surface area contributed by atoms with Gasteiger partial charge >= 0.3 is 0 Å². The normalized spacial score (nSPS) is 20.1. The molecular weight excluding hydrogens is 325 g/mol. The summed E-state index contributed by atoms with van der Waals surface area (Å²) in [5.74, 6) is -0.183. The molecule has 0 atom stereocenters. The fourth-order valence-electron chi connectivity index (χ4n) is 4.25. The molecule has 26 heavy (non-hydrogen) atoms. The average molecular weight is 353 g/mol. The maximum absolute atomic E-state index is 13.4. The van der Waals surface area contributed by atoms with Crippen molar-refractivity contribution < 1.29 is 4.39 Å². The minimum Gasteiger partial charge on any atom is -0.371 e. The number of halogens is 1. The molecule has 2 fully saturated rings. The number of piperidine rings is 1. The summed E-state index contributed by atoms with van der Waals surface area (Å²) in [4.78, 5) is 5.17. The molecule has 2 aromatic rings. The molecule has 0 radical (unpaired) electrons. The minimum atomic E-state index is -0.183. The molecule has 2 saturated heterocycles. The molecule has 0 aromatic heterocycles. The molecule has 1 N–H and O–H groups in total. The van der Waals surface area contributed by atoms with E-state index in [4.69, 9.17) is 0 Å². The van der Waals surface area contributed by atoms with Gasteiger partial charge in [-0.2, -0.15) is 0 Å². The Balaban J connectivity index is 1.37. The summed E-state index contributed by atoms with van der Waals surface area (Å²) in [5.41, 5.74) is 3.28. The Labute approximate surface area is 155 Å². The van der Waals surface area contributed by atoms with Crippen LogP contribution in [0.3, 0.4) is 0 Å². The lowest BCUT2D eigenvalue weighted by Gasteiger charge is -2.39. The molecule has 2 aliphatic rings. The quantitative estimate of drug-likeness (QED) is 0.906. The van der Waals surface area contributed by atoms with Crippen LogP contribution in [0.2, 0.25) is 0 Å². The summed E-state index contributed by atoms with van der Waals surface area (Å²) in [6, 6.07) is 16.1. The van der Waals surface area contributed by atoms with Gasteiger partial charge in [0.15, 0.2) is 0 Å². The van der Waals surface area contributed by atoms with Crippen LogP contribution < -0.4 is 10.2 Å². The smallest absolute Gasteiger partial charge is 0.123 e. The summed E-state index contributed by atoms with van der Waals surface area (Å²) in [5, 5.41) is 3.50. The van der Waals surface area contributed by atoms with Crippen LogP contribution in [-0.2, 0) is 0 Å². The summed E-state index contributed by atoms with van der Waals surface area (Å²) >= 11 is 0. The van der Waals surface area contributed by atoms with Crippen molar-refractivity contribution in [3.8, 4) is 11.1 Å². The molecule has 0 spiro atoms. The molecule has 0 amide bonds. The van der Waals surface area contributed by atoms with Crippen molar-refractivity contribution in [1.29, 1.82) is 0 Å². The van der Waals surface area contributed by atoms with Crippen LogP contribution in [0.25, 0.3) is 11.1 Å². The van der Waals surface area contributed by atoms with Crippen molar-refractivity contribution in [2.75, 3.05) is 44.2 Å². The molecule has 0 saturated carbocycles. The Morgan fingerprint density at radius 1 is 0.846 bits per heavy atom. The number of hydrogen-bond donors (Lipinski definition) is 1. The van der Waals surface area contributed by atoms with Gasteiger partial charge in [-0.1, -0.05) is 24.3 Å². The number of nitrogens with one attached hydrogen (secondary N) is 1. The third-order valence-corrected chi connectivity index (χ3v) is 5.75. The molecule has 3 nitrogen and oxygen atoms in total. The highest BCUT2D eigenvalue weighted by Crippen LogP contribution is 2.27.